The molecule has 1 aliphatic rings. The zero-order valence-corrected chi connectivity index (χ0v) is 12.8. The van der Waals surface area contributed by atoms with Gasteiger partial charge in [0.25, 0.3) is 5.91 Å². The number of fused-ring (bicyclic) bond motifs is 1. The Morgan fingerprint density at radius 2 is 2.18 bits per heavy atom. The van der Waals surface area contributed by atoms with Crippen LogP contribution in [-0.4, -0.2) is 37.7 Å². The Bertz CT molecular complexity index is 555. The summed E-state index contributed by atoms with van der Waals surface area (Å²) >= 11 is 0. The molecular weight excluding hydrogens is 282 g/mol. The van der Waals surface area contributed by atoms with Gasteiger partial charge in [0.2, 0.25) is 0 Å². The summed E-state index contributed by atoms with van der Waals surface area (Å²) in [6.07, 6.45) is 2.72. The summed E-state index contributed by atoms with van der Waals surface area (Å²) in [5.74, 6) is -0.753. The molecule has 0 saturated heterocycles. The predicted molar refractivity (Wildman–Crippen MR) is 83.7 cm³/mol. The van der Waals surface area contributed by atoms with E-state index in [9.17, 15) is 9.59 Å². The number of benzene rings is 1. The number of hydrogen-bond donors (Lipinski definition) is 0. The molecular formula is C17H21NO4. The Morgan fingerprint density at radius 1 is 1.41 bits per heavy atom. The number of amides is 1. The average Bonchev–Trinajstić information content (AvgIpc) is 2.56. The van der Waals surface area contributed by atoms with Crippen LogP contribution < -0.4 is 4.90 Å². The van der Waals surface area contributed by atoms with Crippen LogP contribution in [0.4, 0.5) is 5.69 Å². The molecule has 0 aliphatic carbocycles. The van der Waals surface area contributed by atoms with Crippen molar-refractivity contribution in [2.24, 2.45) is 0 Å². The second kappa shape index (κ2) is 7.75. The van der Waals surface area contributed by atoms with Crippen molar-refractivity contribution in [2.45, 2.75) is 25.9 Å². The first-order valence-corrected chi connectivity index (χ1v) is 7.41. The van der Waals surface area contributed by atoms with Crippen LogP contribution in [0, 0.1) is 0 Å². The zero-order chi connectivity index (χ0) is 15.9. The van der Waals surface area contributed by atoms with Gasteiger partial charge >= 0.3 is 5.97 Å². The van der Waals surface area contributed by atoms with Crippen LogP contribution in [0.1, 0.15) is 18.9 Å². The second-order valence-electron chi connectivity index (χ2n) is 5.15. The highest BCUT2D eigenvalue weighted by Gasteiger charge is 2.24. The fraction of sp³-hybridized carbons (Fsp3) is 0.412. The molecule has 0 radical (unpaired) electrons. The number of hydrogen-bond acceptors (Lipinski definition) is 4. The first-order chi connectivity index (χ1) is 10.6. The third kappa shape index (κ3) is 3.95. The summed E-state index contributed by atoms with van der Waals surface area (Å²) in [4.78, 5) is 25.7. The zero-order valence-electron chi connectivity index (χ0n) is 12.8. The number of para-hydroxylation sites is 1. The van der Waals surface area contributed by atoms with Crippen LogP contribution >= 0.6 is 0 Å². The van der Waals surface area contributed by atoms with E-state index in [1.54, 1.807) is 17.9 Å². The lowest BCUT2D eigenvalue weighted by atomic mass is 10.0. The van der Waals surface area contributed by atoms with Gasteiger partial charge in [-0.05, 0) is 31.4 Å². The molecule has 1 unspecified atom stereocenters. The van der Waals surface area contributed by atoms with Crippen LogP contribution in [-0.2, 0) is 25.5 Å². The van der Waals surface area contributed by atoms with E-state index in [-0.39, 0.29) is 19.1 Å². The molecule has 1 amide bonds. The maximum Gasteiger partial charge on any atom is 0.335 e. The summed E-state index contributed by atoms with van der Waals surface area (Å²) in [5, 5.41) is 0. The highest BCUT2D eigenvalue weighted by molar-refractivity contribution is 5.96. The largest absolute Gasteiger partial charge is 0.454 e. The smallest absolute Gasteiger partial charge is 0.335 e. The number of carbonyl (C=O) groups excluding carboxylic acids is 2. The van der Waals surface area contributed by atoms with E-state index >= 15 is 0 Å². The Morgan fingerprint density at radius 3 is 2.95 bits per heavy atom. The number of ether oxygens (including phenoxy) is 2. The van der Waals surface area contributed by atoms with Crippen molar-refractivity contribution in [1.29, 1.82) is 0 Å². The minimum absolute atomic E-state index is 0.212. The molecule has 22 heavy (non-hydrogen) atoms. The SMILES string of the molecule is C=CCOC(C)C(=O)OCC(=O)N1CCCc2ccccc21. The molecule has 5 nitrogen and oxygen atoms in total. The lowest BCUT2D eigenvalue weighted by molar-refractivity contribution is -0.157. The van der Waals surface area contributed by atoms with Gasteiger partial charge in [-0.15, -0.1) is 6.58 Å². The fourth-order valence-corrected chi connectivity index (χ4v) is 2.40. The van der Waals surface area contributed by atoms with Crippen LogP contribution in [0.2, 0.25) is 0 Å². The van der Waals surface area contributed by atoms with Crippen LogP contribution in [0.3, 0.4) is 0 Å². The average molecular weight is 303 g/mol. The van der Waals surface area contributed by atoms with Crippen molar-refractivity contribution in [3.8, 4) is 0 Å². The summed E-state index contributed by atoms with van der Waals surface area (Å²) < 4.78 is 10.2. The van der Waals surface area contributed by atoms with Crippen LogP contribution in [0.25, 0.3) is 0 Å². The van der Waals surface area contributed by atoms with E-state index in [1.165, 1.54) is 0 Å². The third-order valence-corrected chi connectivity index (χ3v) is 3.55. The number of aryl methyl sites for hydroxylation is 1. The molecule has 5 heteroatoms. The van der Waals surface area contributed by atoms with Gasteiger partial charge in [0.15, 0.2) is 12.7 Å². The van der Waals surface area contributed by atoms with Gasteiger partial charge in [-0.1, -0.05) is 24.3 Å². The van der Waals surface area contributed by atoms with Gasteiger partial charge in [0.1, 0.15) is 0 Å². The molecule has 1 aromatic carbocycles. The minimum Gasteiger partial charge on any atom is -0.454 e. The van der Waals surface area contributed by atoms with Crippen molar-refractivity contribution < 1.29 is 19.1 Å². The summed E-state index contributed by atoms with van der Waals surface area (Å²) in [7, 11) is 0. The summed E-state index contributed by atoms with van der Waals surface area (Å²) in [6, 6.07) is 7.81. The topological polar surface area (TPSA) is 55.8 Å². The molecule has 0 fully saturated rings. The first kappa shape index (κ1) is 16.2. The Hall–Kier alpha value is -2.14. The second-order valence-corrected chi connectivity index (χ2v) is 5.15. The molecule has 2 rings (SSSR count). The Labute approximate surface area is 130 Å². The standard InChI is InChI=1S/C17H21NO4/c1-3-11-21-13(2)17(20)22-12-16(19)18-10-6-8-14-7-4-5-9-15(14)18/h3-5,7,9,13H,1,6,8,10-12H2,2H3. The van der Waals surface area contributed by atoms with Crippen molar-refractivity contribution in [1.82, 2.24) is 0 Å². The number of carbonyl (C=O) groups is 2. The molecule has 0 N–H and O–H groups in total. The van der Waals surface area contributed by atoms with Gasteiger partial charge in [-0.25, -0.2) is 4.79 Å². The fourth-order valence-electron chi connectivity index (χ4n) is 2.40. The summed E-state index contributed by atoms with van der Waals surface area (Å²) in [5.41, 5.74) is 2.06. The number of rotatable bonds is 6. The van der Waals surface area contributed by atoms with Gasteiger partial charge in [-0.3, -0.25) is 4.79 Å². The molecule has 1 aromatic rings. The van der Waals surface area contributed by atoms with E-state index in [0.717, 1.165) is 24.1 Å². The highest BCUT2D eigenvalue weighted by atomic mass is 16.6. The van der Waals surface area contributed by atoms with Crippen molar-refractivity contribution >= 4 is 17.6 Å². The van der Waals surface area contributed by atoms with Crippen molar-refractivity contribution in [2.75, 3.05) is 24.7 Å². The van der Waals surface area contributed by atoms with Gasteiger partial charge < -0.3 is 14.4 Å². The maximum atomic E-state index is 12.3. The molecule has 118 valence electrons. The molecule has 1 atom stereocenters. The quantitative estimate of drug-likeness (QED) is 0.596. The molecule has 0 saturated carbocycles. The van der Waals surface area contributed by atoms with E-state index in [2.05, 4.69) is 6.58 Å². The molecule has 0 aromatic heterocycles. The molecule has 0 spiro atoms. The van der Waals surface area contributed by atoms with E-state index in [1.807, 2.05) is 24.3 Å². The normalized spacial score (nSPS) is 14.9. The number of anilines is 1. The monoisotopic (exact) mass is 303 g/mol. The summed E-state index contributed by atoms with van der Waals surface area (Å²) in [6.45, 7) is 5.75. The van der Waals surface area contributed by atoms with Crippen LogP contribution in [0.15, 0.2) is 36.9 Å². The number of esters is 1. The van der Waals surface area contributed by atoms with E-state index < -0.39 is 12.1 Å². The lowest BCUT2D eigenvalue weighted by Crippen LogP contribution is -2.39. The highest BCUT2D eigenvalue weighted by Crippen LogP contribution is 2.26. The minimum atomic E-state index is -0.709. The molecule has 1 aliphatic heterocycles. The van der Waals surface area contributed by atoms with Gasteiger partial charge in [-0.2, -0.15) is 0 Å². The Kier molecular flexibility index (Phi) is 5.72. The molecule has 1 heterocycles. The van der Waals surface area contributed by atoms with E-state index in [0.29, 0.717) is 6.54 Å². The lowest BCUT2D eigenvalue weighted by Gasteiger charge is -2.29. The first-order valence-electron chi connectivity index (χ1n) is 7.41. The maximum absolute atomic E-state index is 12.3. The number of nitrogens with zero attached hydrogens (tertiary/aromatic N) is 1. The van der Waals surface area contributed by atoms with Gasteiger partial charge in [0.05, 0.1) is 6.61 Å². The van der Waals surface area contributed by atoms with Crippen molar-refractivity contribution in [3.05, 3.63) is 42.5 Å². The van der Waals surface area contributed by atoms with Gasteiger partial charge in [0, 0.05) is 12.2 Å². The van der Waals surface area contributed by atoms with E-state index in [4.69, 9.17) is 9.47 Å². The molecule has 0 bridgehead atoms. The predicted octanol–water partition coefficient (Wildman–Crippen LogP) is 2.10. The van der Waals surface area contributed by atoms with Crippen LogP contribution in [0.5, 0.6) is 0 Å². The third-order valence-electron chi connectivity index (χ3n) is 3.55. The Balaban J connectivity index is 1.91. The van der Waals surface area contributed by atoms with Crippen molar-refractivity contribution in [3.63, 3.8) is 0 Å².